The van der Waals surface area contributed by atoms with Crippen molar-refractivity contribution in [1.82, 2.24) is 10.3 Å². The molecule has 1 saturated heterocycles. The molecule has 0 amide bonds. The Kier molecular flexibility index (Phi) is 6.24. The van der Waals surface area contributed by atoms with Gasteiger partial charge in [-0.05, 0) is 30.4 Å². The van der Waals surface area contributed by atoms with Gasteiger partial charge in [-0.15, -0.1) is 0 Å². The Morgan fingerprint density at radius 3 is 3.10 bits per heavy atom. The average Bonchev–Trinajstić information content (AvgIpc) is 2.93. The number of aliphatic hydroxyl groups is 1. The van der Waals surface area contributed by atoms with E-state index in [2.05, 4.69) is 27.3 Å². The first-order valence-electron chi connectivity index (χ1n) is 7.34. The number of nitrogens with one attached hydrogen (secondary N) is 1. The fraction of sp³-hybridized carbons (Fsp3) is 0.667. The van der Waals surface area contributed by atoms with E-state index in [1.165, 1.54) is 5.56 Å². The van der Waals surface area contributed by atoms with Crippen LogP contribution in [0.5, 0.6) is 0 Å². The summed E-state index contributed by atoms with van der Waals surface area (Å²) in [4.78, 5) is 6.85. The Morgan fingerprint density at radius 1 is 1.50 bits per heavy atom. The second-order valence-corrected chi connectivity index (χ2v) is 5.31. The molecule has 1 atom stereocenters. The number of methoxy groups -OCH3 is 1. The molecule has 1 fully saturated rings. The van der Waals surface area contributed by atoms with Gasteiger partial charge in [-0.1, -0.05) is 6.07 Å². The van der Waals surface area contributed by atoms with Crippen molar-refractivity contribution in [2.45, 2.75) is 19.4 Å². The Balaban J connectivity index is 1.79. The number of anilines is 1. The van der Waals surface area contributed by atoms with Crippen molar-refractivity contribution < 1.29 is 9.84 Å². The number of ether oxygens (including phenoxy) is 1. The van der Waals surface area contributed by atoms with Gasteiger partial charge in [0.2, 0.25) is 0 Å². The van der Waals surface area contributed by atoms with E-state index in [0.29, 0.717) is 5.92 Å². The van der Waals surface area contributed by atoms with E-state index in [9.17, 15) is 0 Å². The number of aromatic nitrogens is 1. The van der Waals surface area contributed by atoms with Crippen LogP contribution in [0.25, 0.3) is 0 Å². The zero-order valence-electron chi connectivity index (χ0n) is 12.2. The molecule has 20 heavy (non-hydrogen) atoms. The van der Waals surface area contributed by atoms with Crippen LogP contribution in [0.4, 0.5) is 5.82 Å². The highest BCUT2D eigenvalue weighted by molar-refractivity contribution is 5.40. The molecule has 0 aromatic carbocycles. The second-order valence-electron chi connectivity index (χ2n) is 5.31. The first kappa shape index (κ1) is 15.2. The third-order valence-corrected chi connectivity index (χ3v) is 3.77. The molecule has 0 bridgehead atoms. The molecule has 5 nitrogen and oxygen atoms in total. The van der Waals surface area contributed by atoms with Crippen molar-refractivity contribution in [3.63, 3.8) is 0 Å². The van der Waals surface area contributed by atoms with Crippen LogP contribution in [0.2, 0.25) is 0 Å². The smallest absolute Gasteiger partial charge is 0.128 e. The summed E-state index contributed by atoms with van der Waals surface area (Å²) in [5.74, 6) is 1.66. The maximum Gasteiger partial charge on any atom is 0.128 e. The Hall–Kier alpha value is -1.17. The highest BCUT2D eigenvalue weighted by Crippen LogP contribution is 2.23. The van der Waals surface area contributed by atoms with E-state index >= 15 is 0 Å². The fourth-order valence-corrected chi connectivity index (χ4v) is 2.57. The lowest BCUT2D eigenvalue weighted by Gasteiger charge is -2.17. The number of hydrogen-bond acceptors (Lipinski definition) is 5. The molecule has 0 aliphatic carbocycles. The number of pyridine rings is 1. The van der Waals surface area contributed by atoms with E-state index in [4.69, 9.17) is 9.84 Å². The van der Waals surface area contributed by atoms with Gasteiger partial charge in [-0.2, -0.15) is 0 Å². The molecule has 1 aromatic heterocycles. The summed E-state index contributed by atoms with van der Waals surface area (Å²) in [6.07, 6.45) is 4.00. The normalized spacial score (nSPS) is 18.7. The summed E-state index contributed by atoms with van der Waals surface area (Å²) in [6, 6.07) is 4.22. The predicted octanol–water partition coefficient (Wildman–Crippen LogP) is 1.03. The lowest BCUT2D eigenvalue weighted by molar-refractivity contribution is 0.199. The van der Waals surface area contributed by atoms with Crippen LogP contribution in [0, 0.1) is 5.92 Å². The van der Waals surface area contributed by atoms with Crippen molar-refractivity contribution in [1.29, 1.82) is 0 Å². The molecular weight excluding hydrogens is 254 g/mol. The second kappa shape index (κ2) is 8.19. The van der Waals surface area contributed by atoms with Gasteiger partial charge in [0.25, 0.3) is 0 Å². The minimum Gasteiger partial charge on any atom is -0.396 e. The molecule has 2 rings (SSSR count). The third-order valence-electron chi connectivity index (χ3n) is 3.77. The van der Waals surface area contributed by atoms with E-state index < -0.39 is 0 Å². The van der Waals surface area contributed by atoms with Gasteiger partial charge in [0, 0.05) is 46.1 Å². The maximum atomic E-state index is 8.99. The maximum absolute atomic E-state index is 8.99. The van der Waals surface area contributed by atoms with Crippen LogP contribution in [0.1, 0.15) is 18.4 Å². The zero-order valence-corrected chi connectivity index (χ0v) is 12.2. The Morgan fingerprint density at radius 2 is 2.40 bits per heavy atom. The largest absolute Gasteiger partial charge is 0.396 e. The SMILES string of the molecule is COCCNCc1ccc(N2CCC(CCO)C2)nc1. The summed E-state index contributed by atoms with van der Waals surface area (Å²) in [5, 5.41) is 12.3. The molecule has 1 aliphatic rings. The first-order chi connectivity index (χ1) is 9.83. The number of rotatable bonds is 8. The van der Waals surface area contributed by atoms with Gasteiger partial charge in [0.15, 0.2) is 0 Å². The molecule has 0 saturated carbocycles. The molecule has 0 spiro atoms. The van der Waals surface area contributed by atoms with E-state index in [1.54, 1.807) is 7.11 Å². The summed E-state index contributed by atoms with van der Waals surface area (Å²) in [6.45, 7) is 4.75. The number of hydrogen-bond donors (Lipinski definition) is 2. The van der Waals surface area contributed by atoms with Crippen LogP contribution in [0.3, 0.4) is 0 Å². The summed E-state index contributed by atoms with van der Waals surface area (Å²) < 4.78 is 4.99. The van der Waals surface area contributed by atoms with Crippen molar-refractivity contribution in [2.75, 3.05) is 44.9 Å². The van der Waals surface area contributed by atoms with E-state index in [1.807, 2.05) is 6.20 Å². The predicted molar refractivity (Wildman–Crippen MR) is 79.8 cm³/mol. The third kappa shape index (κ3) is 4.44. The van der Waals surface area contributed by atoms with E-state index in [0.717, 1.165) is 51.4 Å². The molecule has 5 heteroatoms. The van der Waals surface area contributed by atoms with Crippen LogP contribution in [-0.2, 0) is 11.3 Å². The minimum atomic E-state index is 0.290. The molecule has 2 heterocycles. The van der Waals surface area contributed by atoms with Gasteiger partial charge in [-0.3, -0.25) is 0 Å². The molecule has 112 valence electrons. The fourth-order valence-electron chi connectivity index (χ4n) is 2.57. The standard InChI is InChI=1S/C15H25N3O2/c1-20-9-6-16-10-14-2-3-15(17-11-14)18-7-4-13(12-18)5-8-19/h2-3,11,13,16,19H,4-10,12H2,1H3. The Labute approximate surface area is 121 Å². The molecule has 1 unspecified atom stereocenters. The monoisotopic (exact) mass is 279 g/mol. The van der Waals surface area contributed by atoms with Gasteiger partial charge in [-0.25, -0.2) is 4.98 Å². The first-order valence-corrected chi connectivity index (χ1v) is 7.34. The summed E-state index contributed by atoms with van der Waals surface area (Å²) in [7, 11) is 1.71. The lowest BCUT2D eigenvalue weighted by Crippen LogP contribution is -2.21. The molecule has 0 radical (unpaired) electrons. The van der Waals surface area contributed by atoms with Crippen molar-refractivity contribution in [3.8, 4) is 0 Å². The quantitative estimate of drug-likeness (QED) is 0.696. The Bertz CT molecular complexity index is 383. The van der Waals surface area contributed by atoms with Gasteiger partial charge < -0.3 is 20.1 Å². The highest BCUT2D eigenvalue weighted by Gasteiger charge is 2.22. The summed E-state index contributed by atoms with van der Waals surface area (Å²) >= 11 is 0. The van der Waals surface area contributed by atoms with Crippen LogP contribution in [0.15, 0.2) is 18.3 Å². The lowest BCUT2D eigenvalue weighted by atomic mass is 10.1. The van der Waals surface area contributed by atoms with Crippen LogP contribution >= 0.6 is 0 Å². The van der Waals surface area contributed by atoms with Gasteiger partial charge in [0.1, 0.15) is 5.82 Å². The highest BCUT2D eigenvalue weighted by atomic mass is 16.5. The summed E-state index contributed by atoms with van der Waals surface area (Å²) in [5.41, 5.74) is 1.19. The van der Waals surface area contributed by atoms with Crippen molar-refractivity contribution in [2.24, 2.45) is 5.92 Å². The number of aliphatic hydroxyl groups excluding tert-OH is 1. The average molecular weight is 279 g/mol. The molecule has 1 aliphatic heterocycles. The molecule has 1 aromatic rings. The minimum absolute atomic E-state index is 0.290. The zero-order chi connectivity index (χ0) is 14.2. The van der Waals surface area contributed by atoms with Crippen LogP contribution < -0.4 is 10.2 Å². The van der Waals surface area contributed by atoms with Gasteiger partial charge >= 0.3 is 0 Å². The topological polar surface area (TPSA) is 57.6 Å². The van der Waals surface area contributed by atoms with Crippen LogP contribution in [-0.4, -0.2) is 50.0 Å². The van der Waals surface area contributed by atoms with Gasteiger partial charge in [0.05, 0.1) is 6.61 Å². The van der Waals surface area contributed by atoms with Crippen molar-refractivity contribution in [3.05, 3.63) is 23.9 Å². The molecule has 2 N–H and O–H groups in total. The number of nitrogens with zero attached hydrogens (tertiary/aromatic N) is 2. The molecular formula is C15H25N3O2. The van der Waals surface area contributed by atoms with E-state index in [-0.39, 0.29) is 6.61 Å². The van der Waals surface area contributed by atoms with Crippen molar-refractivity contribution >= 4 is 5.82 Å².